The molecule has 0 atom stereocenters. The van der Waals surface area contributed by atoms with E-state index in [1.165, 1.54) is 11.3 Å². The largest absolute Gasteiger partial charge is 0.297 e. The van der Waals surface area contributed by atoms with E-state index in [0.29, 0.717) is 4.88 Å². The maximum absolute atomic E-state index is 11.3. The van der Waals surface area contributed by atoms with E-state index >= 15 is 0 Å². The van der Waals surface area contributed by atoms with Crippen LogP contribution in [0.2, 0.25) is 0 Å². The van der Waals surface area contributed by atoms with Crippen molar-refractivity contribution in [2.24, 2.45) is 0 Å². The van der Waals surface area contributed by atoms with Crippen LogP contribution in [0.5, 0.6) is 0 Å². The second kappa shape index (κ2) is 8.78. The molecule has 0 aliphatic carbocycles. The topological polar surface area (TPSA) is 42.9 Å². The highest BCUT2D eigenvalue weighted by molar-refractivity contribution is 7.17. The lowest BCUT2D eigenvalue weighted by atomic mass is 10.0. The molecule has 162 valence electrons. The predicted molar refractivity (Wildman–Crippen MR) is 142 cm³/mol. The van der Waals surface area contributed by atoms with Crippen LogP contribution >= 0.6 is 22.7 Å². The monoisotopic (exact) mass is 474 g/mol. The van der Waals surface area contributed by atoms with E-state index in [4.69, 9.17) is 9.97 Å². The Labute approximate surface area is 205 Å². The SMILES string of the molecule is O=Cc1ccc(-c2ccc(-c3cccs3)c3nc(-c4ccccc4)c(-c4ccccc4)nc23)s1. The fraction of sp³-hybridized carbons (Fsp3) is 0. The summed E-state index contributed by atoms with van der Waals surface area (Å²) < 4.78 is 0. The van der Waals surface area contributed by atoms with Crippen molar-refractivity contribution in [3.8, 4) is 43.4 Å². The molecule has 0 radical (unpaired) electrons. The van der Waals surface area contributed by atoms with Crippen LogP contribution in [-0.2, 0) is 0 Å². The third-order valence-corrected chi connectivity index (χ3v) is 7.66. The molecule has 3 aromatic heterocycles. The molecule has 0 fully saturated rings. The zero-order valence-electron chi connectivity index (χ0n) is 18.0. The number of hydrogen-bond donors (Lipinski definition) is 0. The maximum atomic E-state index is 11.3. The minimum absolute atomic E-state index is 0.697. The molecule has 6 rings (SSSR count). The Bertz CT molecular complexity index is 1610. The quantitative estimate of drug-likeness (QED) is 0.236. The molecule has 5 heteroatoms. The first-order chi connectivity index (χ1) is 16.8. The van der Waals surface area contributed by atoms with Crippen LogP contribution < -0.4 is 0 Å². The van der Waals surface area contributed by atoms with Crippen LogP contribution in [0.15, 0.2) is 102 Å². The molecular formula is C29H18N2OS2. The van der Waals surface area contributed by atoms with Gasteiger partial charge in [-0.25, -0.2) is 9.97 Å². The highest BCUT2D eigenvalue weighted by Gasteiger charge is 2.19. The van der Waals surface area contributed by atoms with E-state index in [-0.39, 0.29) is 0 Å². The minimum Gasteiger partial charge on any atom is -0.297 e. The van der Waals surface area contributed by atoms with E-state index in [0.717, 1.165) is 60.7 Å². The number of fused-ring (bicyclic) bond motifs is 1. The van der Waals surface area contributed by atoms with Gasteiger partial charge in [-0.05, 0) is 23.6 Å². The fourth-order valence-corrected chi connectivity index (χ4v) is 5.72. The summed E-state index contributed by atoms with van der Waals surface area (Å²) in [6.07, 6.45) is 0.894. The van der Waals surface area contributed by atoms with Gasteiger partial charge in [0.15, 0.2) is 6.29 Å². The number of hydrogen-bond acceptors (Lipinski definition) is 5. The van der Waals surface area contributed by atoms with E-state index in [9.17, 15) is 4.79 Å². The molecule has 3 heterocycles. The maximum Gasteiger partial charge on any atom is 0.160 e. The van der Waals surface area contributed by atoms with Gasteiger partial charge in [-0.15, -0.1) is 22.7 Å². The van der Waals surface area contributed by atoms with E-state index in [1.54, 1.807) is 11.3 Å². The molecule has 0 bridgehead atoms. The van der Waals surface area contributed by atoms with Crippen molar-refractivity contribution in [3.63, 3.8) is 0 Å². The number of thiophene rings is 2. The van der Waals surface area contributed by atoms with Crippen LogP contribution in [0.25, 0.3) is 54.4 Å². The van der Waals surface area contributed by atoms with E-state index in [2.05, 4.69) is 53.9 Å². The lowest BCUT2D eigenvalue weighted by Crippen LogP contribution is -1.98. The van der Waals surface area contributed by atoms with Crippen LogP contribution in [-0.4, -0.2) is 16.3 Å². The Kier molecular flexibility index (Phi) is 5.34. The number of carbonyl (C=O) groups excluding carboxylic acids is 1. The number of carbonyl (C=O) groups is 1. The van der Waals surface area contributed by atoms with Crippen molar-refractivity contribution < 1.29 is 4.79 Å². The standard InChI is InChI=1S/C29H18N2OS2/c32-18-21-13-16-25(34-21)23-15-14-22(24-12-7-17-33-24)28-29(23)31-27(20-10-5-2-6-11-20)26(30-28)19-8-3-1-4-9-19/h1-18H. The smallest absolute Gasteiger partial charge is 0.160 e. The van der Waals surface area contributed by atoms with Crippen molar-refractivity contribution >= 4 is 40.0 Å². The molecule has 34 heavy (non-hydrogen) atoms. The molecule has 6 aromatic rings. The first-order valence-electron chi connectivity index (χ1n) is 10.9. The van der Waals surface area contributed by atoms with Crippen molar-refractivity contribution in [2.45, 2.75) is 0 Å². The molecule has 0 saturated heterocycles. The van der Waals surface area contributed by atoms with E-state index in [1.807, 2.05) is 48.5 Å². The van der Waals surface area contributed by atoms with Gasteiger partial charge in [-0.2, -0.15) is 0 Å². The molecular weight excluding hydrogens is 456 g/mol. The zero-order valence-corrected chi connectivity index (χ0v) is 19.6. The Morgan fingerprint density at radius 1 is 0.588 bits per heavy atom. The third-order valence-electron chi connectivity index (χ3n) is 5.71. The average molecular weight is 475 g/mol. The first-order valence-corrected chi connectivity index (χ1v) is 12.6. The van der Waals surface area contributed by atoms with Gasteiger partial charge in [0.2, 0.25) is 0 Å². The summed E-state index contributed by atoms with van der Waals surface area (Å²) in [5, 5.41) is 2.08. The molecule has 3 aromatic carbocycles. The van der Waals surface area contributed by atoms with Crippen LogP contribution in [0.3, 0.4) is 0 Å². The second-order valence-electron chi connectivity index (χ2n) is 7.81. The second-order valence-corrected chi connectivity index (χ2v) is 9.87. The molecule has 0 unspecified atom stereocenters. The van der Waals surface area contributed by atoms with Gasteiger partial charge in [0.25, 0.3) is 0 Å². The molecule has 0 aliphatic heterocycles. The lowest BCUT2D eigenvalue weighted by molar-refractivity contribution is 0.112. The molecule has 0 saturated carbocycles. The number of aldehydes is 1. The summed E-state index contributed by atoms with van der Waals surface area (Å²) in [5.74, 6) is 0. The summed E-state index contributed by atoms with van der Waals surface area (Å²) in [6.45, 7) is 0. The van der Waals surface area contributed by atoms with Gasteiger partial charge in [-0.3, -0.25) is 4.79 Å². The molecule has 0 aliphatic rings. The highest BCUT2D eigenvalue weighted by atomic mass is 32.1. The molecule has 0 N–H and O–H groups in total. The Morgan fingerprint density at radius 3 is 1.68 bits per heavy atom. The van der Waals surface area contributed by atoms with Gasteiger partial charge >= 0.3 is 0 Å². The van der Waals surface area contributed by atoms with Crippen LogP contribution in [0.1, 0.15) is 9.67 Å². The third kappa shape index (κ3) is 3.65. The Balaban J connectivity index is 1.72. The van der Waals surface area contributed by atoms with E-state index < -0.39 is 0 Å². The Hall–Kier alpha value is -3.93. The fourth-order valence-electron chi connectivity index (χ4n) is 4.12. The van der Waals surface area contributed by atoms with Gasteiger partial charge in [0.05, 0.1) is 27.3 Å². The van der Waals surface area contributed by atoms with Gasteiger partial charge in [-0.1, -0.05) is 78.9 Å². The van der Waals surface area contributed by atoms with Gasteiger partial charge < -0.3 is 0 Å². The van der Waals surface area contributed by atoms with Gasteiger partial charge in [0, 0.05) is 32.0 Å². The first kappa shape index (κ1) is 20.7. The summed E-state index contributed by atoms with van der Waals surface area (Å²) in [4.78, 5) is 24.7. The summed E-state index contributed by atoms with van der Waals surface area (Å²) in [7, 11) is 0. The number of rotatable bonds is 5. The summed E-state index contributed by atoms with van der Waals surface area (Å²) in [6, 6.07) is 32.6. The number of nitrogens with zero attached hydrogens (tertiary/aromatic N) is 2. The lowest BCUT2D eigenvalue weighted by Gasteiger charge is -2.14. The van der Waals surface area contributed by atoms with Crippen molar-refractivity contribution in [3.05, 3.63) is 107 Å². The predicted octanol–water partition coefficient (Wildman–Crippen LogP) is 8.23. The van der Waals surface area contributed by atoms with Gasteiger partial charge in [0.1, 0.15) is 0 Å². The van der Waals surface area contributed by atoms with Crippen molar-refractivity contribution in [1.82, 2.24) is 9.97 Å². The minimum atomic E-state index is 0.697. The highest BCUT2D eigenvalue weighted by Crippen LogP contribution is 2.40. The Morgan fingerprint density at radius 2 is 1.18 bits per heavy atom. The number of benzene rings is 3. The van der Waals surface area contributed by atoms with Crippen LogP contribution in [0, 0.1) is 0 Å². The number of aromatic nitrogens is 2. The average Bonchev–Trinajstić information content (AvgIpc) is 3.61. The van der Waals surface area contributed by atoms with Crippen molar-refractivity contribution in [1.29, 1.82) is 0 Å². The normalized spacial score (nSPS) is 11.1. The van der Waals surface area contributed by atoms with Crippen molar-refractivity contribution in [2.75, 3.05) is 0 Å². The molecule has 0 spiro atoms. The van der Waals surface area contributed by atoms with Crippen LogP contribution in [0.4, 0.5) is 0 Å². The zero-order chi connectivity index (χ0) is 22.9. The molecule has 3 nitrogen and oxygen atoms in total. The summed E-state index contributed by atoms with van der Waals surface area (Å²) >= 11 is 3.16. The molecule has 0 amide bonds. The summed E-state index contributed by atoms with van der Waals surface area (Å²) in [5.41, 5.74) is 7.48.